The highest BCUT2D eigenvalue weighted by molar-refractivity contribution is 5.71. The van der Waals surface area contributed by atoms with Gasteiger partial charge in [0.25, 0.3) is 0 Å². The van der Waals surface area contributed by atoms with Crippen LogP contribution in [0.5, 0.6) is 11.5 Å². The zero-order valence-electron chi connectivity index (χ0n) is 25.6. The Kier molecular flexibility index (Phi) is 9.83. The lowest BCUT2D eigenvalue weighted by Gasteiger charge is -2.37. The number of piperidine rings is 2. The van der Waals surface area contributed by atoms with E-state index in [1.165, 1.54) is 4.90 Å². The fourth-order valence-electron chi connectivity index (χ4n) is 6.41. The number of rotatable bonds is 10. The highest BCUT2D eigenvalue weighted by Gasteiger charge is 2.36. The molecule has 13 heteroatoms. The molecule has 47 heavy (non-hydrogen) atoms. The van der Waals surface area contributed by atoms with Gasteiger partial charge in [0.1, 0.15) is 30.1 Å². The van der Waals surface area contributed by atoms with Gasteiger partial charge in [0.15, 0.2) is 11.6 Å². The predicted octanol–water partition coefficient (Wildman–Crippen LogP) is 6.77. The van der Waals surface area contributed by atoms with Crippen molar-refractivity contribution in [3.05, 3.63) is 71.3 Å². The molecule has 252 valence electrons. The van der Waals surface area contributed by atoms with E-state index in [0.29, 0.717) is 81.2 Å². The van der Waals surface area contributed by atoms with Crippen LogP contribution in [0.2, 0.25) is 0 Å². The number of benzene rings is 2. The van der Waals surface area contributed by atoms with Crippen LogP contribution in [0.1, 0.15) is 49.3 Å². The number of carboxylic acids is 1. The molecule has 1 aromatic heterocycles. The molecule has 0 amide bonds. The molecule has 0 spiro atoms. The standard InChI is InChI=1S/C34H36F5N3O5/c35-24-15-26(28-4-3-6-31(40-28)41-12-9-21(10-13-41)33(43)44)32(27(36)16-24)46-17-23-8-7-22(14-30(23)47-25-18-45-19-25)29-5-1-2-11-42(29)20-34(37,38)39/h3-4,6-8,14-16,21,25,29H,1-2,5,9-13,17-20H2,(H,43,44). The van der Waals surface area contributed by atoms with Crippen molar-refractivity contribution in [2.24, 2.45) is 5.92 Å². The summed E-state index contributed by atoms with van der Waals surface area (Å²) in [5, 5.41) is 9.33. The number of aliphatic carboxylic acids is 1. The van der Waals surface area contributed by atoms with Gasteiger partial charge in [-0.25, -0.2) is 13.8 Å². The third-order valence-corrected chi connectivity index (χ3v) is 8.93. The van der Waals surface area contributed by atoms with E-state index in [2.05, 4.69) is 4.98 Å². The van der Waals surface area contributed by atoms with Crippen molar-refractivity contribution in [2.45, 2.75) is 57.0 Å². The van der Waals surface area contributed by atoms with E-state index in [9.17, 15) is 27.5 Å². The number of hydrogen-bond donors (Lipinski definition) is 1. The first-order valence-corrected chi connectivity index (χ1v) is 15.8. The molecule has 3 aromatic rings. The summed E-state index contributed by atoms with van der Waals surface area (Å²) >= 11 is 0. The maximum Gasteiger partial charge on any atom is 0.401 e. The van der Waals surface area contributed by atoms with E-state index in [-0.39, 0.29) is 29.7 Å². The number of ether oxygens (including phenoxy) is 3. The lowest BCUT2D eigenvalue weighted by Crippen LogP contribution is -2.40. The van der Waals surface area contributed by atoms with Crippen molar-refractivity contribution in [1.29, 1.82) is 0 Å². The number of likely N-dealkylation sites (tertiary alicyclic amines) is 1. The minimum Gasteiger partial charge on any atom is -0.485 e. The second-order valence-corrected chi connectivity index (χ2v) is 12.3. The van der Waals surface area contributed by atoms with Crippen LogP contribution < -0.4 is 14.4 Å². The van der Waals surface area contributed by atoms with Gasteiger partial charge in [0.05, 0.1) is 31.4 Å². The zero-order valence-corrected chi connectivity index (χ0v) is 25.6. The smallest absolute Gasteiger partial charge is 0.401 e. The van der Waals surface area contributed by atoms with Crippen molar-refractivity contribution in [3.8, 4) is 22.8 Å². The van der Waals surface area contributed by atoms with Gasteiger partial charge in [-0.2, -0.15) is 13.2 Å². The van der Waals surface area contributed by atoms with Crippen LogP contribution >= 0.6 is 0 Å². The molecule has 3 aliphatic heterocycles. The molecule has 8 nitrogen and oxygen atoms in total. The lowest BCUT2D eigenvalue weighted by molar-refractivity contribution is -0.154. The Balaban J connectivity index is 1.25. The third-order valence-electron chi connectivity index (χ3n) is 8.93. The molecule has 0 aliphatic carbocycles. The largest absolute Gasteiger partial charge is 0.485 e. The molecule has 1 N–H and O–H groups in total. The normalized spacial score (nSPS) is 19.8. The number of aromatic nitrogens is 1. The number of nitrogens with zero attached hydrogens (tertiary/aromatic N) is 3. The van der Waals surface area contributed by atoms with Crippen LogP contribution in [0.25, 0.3) is 11.3 Å². The Morgan fingerprint density at radius 2 is 1.79 bits per heavy atom. The molecule has 3 fully saturated rings. The minimum atomic E-state index is -4.32. The Labute approximate surface area is 269 Å². The first-order valence-electron chi connectivity index (χ1n) is 15.8. The second kappa shape index (κ2) is 14.0. The first-order chi connectivity index (χ1) is 22.5. The van der Waals surface area contributed by atoms with Crippen LogP contribution in [-0.4, -0.2) is 72.6 Å². The Morgan fingerprint density at radius 1 is 1.00 bits per heavy atom. The SMILES string of the molecule is O=C(O)C1CCN(c2cccc(-c3cc(F)cc(F)c3OCc3ccc(C4CCCCN4CC(F)(F)F)cc3OC3COC3)n2)CC1. The fraction of sp³-hybridized carbons (Fsp3) is 0.471. The summed E-state index contributed by atoms with van der Waals surface area (Å²) in [6.07, 6.45) is -1.58. The maximum atomic E-state index is 15.3. The van der Waals surface area contributed by atoms with Crippen LogP contribution in [-0.2, 0) is 16.1 Å². The quantitative estimate of drug-likeness (QED) is 0.239. The van der Waals surface area contributed by atoms with Gasteiger partial charge in [0.2, 0.25) is 0 Å². The predicted molar refractivity (Wildman–Crippen MR) is 162 cm³/mol. The Bertz CT molecular complexity index is 1580. The van der Waals surface area contributed by atoms with E-state index in [0.717, 1.165) is 18.6 Å². The van der Waals surface area contributed by atoms with Crippen molar-refractivity contribution in [3.63, 3.8) is 0 Å². The third kappa shape index (κ3) is 7.95. The molecule has 1 unspecified atom stereocenters. The van der Waals surface area contributed by atoms with Crippen molar-refractivity contribution < 1.29 is 46.1 Å². The summed E-state index contributed by atoms with van der Waals surface area (Å²) in [5.74, 6) is -2.25. The van der Waals surface area contributed by atoms with Crippen LogP contribution in [0.4, 0.5) is 27.8 Å². The first kappa shape index (κ1) is 33.0. The molecule has 0 bridgehead atoms. The number of hydrogen-bond acceptors (Lipinski definition) is 7. The molecule has 0 saturated carbocycles. The average Bonchev–Trinajstić information content (AvgIpc) is 3.02. The highest BCUT2D eigenvalue weighted by atomic mass is 19.4. The van der Waals surface area contributed by atoms with E-state index in [1.54, 1.807) is 36.4 Å². The van der Waals surface area contributed by atoms with Gasteiger partial charge in [0, 0.05) is 36.3 Å². The molecule has 4 heterocycles. The monoisotopic (exact) mass is 661 g/mol. The van der Waals surface area contributed by atoms with Crippen LogP contribution in [0.15, 0.2) is 48.5 Å². The van der Waals surface area contributed by atoms with Gasteiger partial charge in [-0.1, -0.05) is 24.6 Å². The van der Waals surface area contributed by atoms with E-state index >= 15 is 4.39 Å². The number of anilines is 1. The number of halogens is 5. The summed E-state index contributed by atoms with van der Waals surface area (Å²) in [7, 11) is 0. The lowest BCUT2D eigenvalue weighted by atomic mass is 9.94. The summed E-state index contributed by atoms with van der Waals surface area (Å²) in [6.45, 7) is 0.851. The van der Waals surface area contributed by atoms with Crippen molar-refractivity contribution in [2.75, 3.05) is 44.3 Å². The van der Waals surface area contributed by atoms with E-state index in [1.807, 2.05) is 4.90 Å². The molecule has 3 saturated heterocycles. The molecule has 6 rings (SSSR count). The second-order valence-electron chi connectivity index (χ2n) is 12.3. The van der Waals surface area contributed by atoms with Gasteiger partial charge < -0.3 is 24.2 Å². The number of carbonyl (C=O) groups is 1. The molecule has 0 radical (unpaired) electrons. The number of pyridine rings is 1. The molecule has 3 aliphatic rings. The van der Waals surface area contributed by atoms with Gasteiger partial charge in [-0.05, 0) is 62.1 Å². The topological polar surface area (TPSA) is 84.4 Å². The highest BCUT2D eigenvalue weighted by Crippen LogP contribution is 2.38. The summed E-state index contributed by atoms with van der Waals surface area (Å²) < 4.78 is 87.3. The van der Waals surface area contributed by atoms with Crippen LogP contribution in [0, 0.1) is 17.6 Å². The molecule has 1 atom stereocenters. The summed E-state index contributed by atoms with van der Waals surface area (Å²) in [5.41, 5.74) is 1.60. The minimum absolute atomic E-state index is 0.0984. The number of carboxylic acid groups (broad SMARTS) is 1. The molecular weight excluding hydrogens is 625 g/mol. The van der Waals surface area contributed by atoms with Gasteiger partial charge in [-0.15, -0.1) is 0 Å². The summed E-state index contributed by atoms with van der Waals surface area (Å²) in [6, 6.07) is 11.7. The van der Waals surface area contributed by atoms with Crippen molar-refractivity contribution in [1.82, 2.24) is 9.88 Å². The van der Waals surface area contributed by atoms with E-state index in [4.69, 9.17) is 14.2 Å². The van der Waals surface area contributed by atoms with Crippen LogP contribution in [0.3, 0.4) is 0 Å². The molecular formula is C34H36F5N3O5. The zero-order chi connectivity index (χ0) is 33.1. The maximum absolute atomic E-state index is 15.3. The number of alkyl halides is 3. The van der Waals surface area contributed by atoms with Crippen molar-refractivity contribution >= 4 is 11.8 Å². The molecule has 2 aromatic carbocycles. The fourth-order valence-corrected chi connectivity index (χ4v) is 6.41. The Hall–Kier alpha value is -3.97. The van der Waals surface area contributed by atoms with E-state index < -0.39 is 42.3 Å². The summed E-state index contributed by atoms with van der Waals surface area (Å²) in [4.78, 5) is 19.4. The van der Waals surface area contributed by atoms with Gasteiger partial charge >= 0.3 is 12.1 Å². The Morgan fingerprint density at radius 3 is 2.49 bits per heavy atom. The average molecular weight is 662 g/mol. The van der Waals surface area contributed by atoms with Gasteiger partial charge in [-0.3, -0.25) is 9.69 Å².